The summed E-state index contributed by atoms with van der Waals surface area (Å²) in [7, 11) is 0. The van der Waals surface area contributed by atoms with Crippen molar-refractivity contribution in [2.45, 2.75) is 32.4 Å². The molecule has 1 unspecified atom stereocenters. The highest BCUT2D eigenvalue weighted by Crippen LogP contribution is 2.23. The summed E-state index contributed by atoms with van der Waals surface area (Å²) in [6.07, 6.45) is 0.135. The number of carbonyl (C=O) groups is 1. The molecule has 1 aromatic heterocycles. The molecule has 0 aromatic carbocycles. The number of hydrogen-bond donors (Lipinski definition) is 0. The van der Waals surface area contributed by atoms with Gasteiger partial charge in [-0.3, -0.25) is 9.69 Å². The number of hydrogen-bond acceptors (Lipinski definition) is 4. The van der Waals surface area contributed by atoms with E-state index >= 15 is 0 Å². The van der Waals surface area contributed by atoms with Gasteiger partial charge in [0.1, 0.15) is 6.10 Å². The van der Waals surface area contributed by atoms with Crippen LogP contribution in [-0.2, 0) is 16.0 Å². The van der Waals surface area contributed by atoms with E-state index in [4.69, 9.17) is 16.3 Å². The van der Waals surface area contributed by atoms with Crippen molar-refractivity contribution in [3.63, 3.8) is 0 Å². The minimum atomic E-state index is -0.290. The third kappa shape index (κ3) is 3.54. The molecule has 1 aromatic rings. The summed E-state index contributed by atoms with van der Waals surface area (Å²) in [6.45, 7) is 6.54. The maximum absolute atomic E-state index is 12.2. The average Bonchev–Trinajstić information content (AvgIpc) is 2.75. The Morgan fingerprint density at radius 1 is 1.61 bits per heavy atom. The quantitative estimate of drug-likeness (QED) is 0.853. The molecule has 18 heavy (non-hydrogen) atoms. The van der Waals surface area contributed by atoms with Gasteiger partial charge < -0.3 is 4.74 Å². The Bertz CT molecular complexity index is 419. The van der Waals surface area contributed by atoms with Crippen LogP contribution in [0.4, 0.5) is 0 Å². The predicted molar refractivity (Wildman–Crippen MR) is 74.5 cm³/mol. The highest BCUT2D eigenvalue weighted by Gasteiger charge is 2.27. The summed E-state index contributed by atoms with van der Waals surface area (Å²) < 4.78 is 6.31. The van der Waals surface area contributed by atoms with Crippen molar-refractivity contribution in [2.24, 2.45) is 0 Å². The topological polar surface area (TPSA) is 29.5 Å². The number of Topliss-reactive ketones (excluding diaryl/α,β-unsaturated/α-hetero) is 1. The van der Waals surface area contributed by atoms with Crippen molar-refractivity contribution >= 4 is 28.7 Å². The zero-order valence-corrected chi connectivity index (χ0v) is 12.3. The zero-order chi connectivity index (χ0) is 13.1. The summed E-state index contributed by atoms with van der Waals surface area (Å²) >= 11 is 7.32. The zero-order valence-electron chi connectivity index (χ0n) is 10.7. The molecule has 1 saturated heterocycles. The van der Waals surface area contributed by atoms with Gasteiger partial charge in [0, 0.05) is 30.4 Å². The lowest BCUT2D eigenvalue weighted by atomic mass is 10.1. The van der Waals surface area contributed by atoms with E-state index in [2.05, 4.69) is 18.7 Å². The third-order valence-electron chi connectivity index (χ3n) is 3.16. The summed E-state index contributed by atoms with van der Waals surface area (Å²) in [5.41, 5.74) is 0. The average molecular weight is 288 g/mol. The highest BCUT2D eigenvalue weighted by molar-refractivity contribution is 7.16. The summed E-state index contributed by atoms with van der Waals surface area (Å²) in [5, 5.41) is 0. The van der Waals surface area contributed by atoms with E-state index in [1.54, 1.807) is 0 Å². The Labute approximate surface area is 117 Å². The minimum absolute atomic E-state index is 0.152. The Morgan fingerprint density at radius 2 is 2.39 bits per heavy atom. The first kappa shape index (κ1) is 14.0. The summed E-state index contributed by atoms with van der Waals surface area (Å²) in [4.78, 5) is 15.5. The molecule has 100 valence electrons. The fraction of sp³-hybridized carbons (Fsp3) is 0.615. The molecule has 0 saturated carbocycles. The lowest BCUT2D eigenvalue weighted by Crippen LogP contribution is -2.49. The molecule has 0 amide bonds. The van der Waals surface area contributed by atoms with Crippen LogP contribution in [0.5, 0.6) is 0 Å². The standard InChI is InChI=1S/C13H18ClNO2S/c1-9(2)15-5-6-17-12(8-15)11(16)7-10-3-4-13(14)18-10/h3-4,9,12H,5-8H2,1-2H3. The Hall–Kier alpha value is -0.420. The second-order valence-corrected chi connectivity index (χ2v) is 6.60. The van der Waals surface area contributed by atoms with Crippen LogP contribution in [0.1, 0.15) is 18.7 Å². The number of nitrogens with zero attached hydrogens (tertiary/aromatic N) is 1. The lowest BCUT2D eigenvalue weighted by Gasteiger charge is -2.34. The van der Waals surface area contributed by atoms with E-state index in [1.165, 1.54) is 11.3 Å². The van der Waals surface area contributed by atoms with Gasteiger partial charge in [0.05, 0.1) is 10.9 Å². The molecule has 1 aliphatic rings. The van der Waals surface area contributed by atoms with E-state index < -0.39 is 0 Å². The molecule has 0 spiro atoms. The second-order valence-electron chi connectivity index (χ2n) is 4.80. The van der Waals surface area contributed by atoms with E-state index in [0.29, 0.717) is 25.6 Å². The van der Waals surface area contributed by atoms with Gasteiger partial charge in [-0.15, -0.1) is 11.3 Å². The molecular weight excluding hydrogens is 270 g/mol. The summed E-state index contributed by atoms with van der Waals surface area (Å²) in [6, 6.07) is 4.20. The highest BCUT2D eigenvalue weighted by atomic mass is 35.5. The van der Waals surface area contributed by atoms with Gasteiger partial charge in [-0.05, 0) is 26.0 Å². The van der Waals surface area contributed by atoms with Crippen LogP contribution in [0.25, 0.3) is 0 Å². The maximum Gasteiger partial charge on any atom is 0.168 e. The van der Waals surface area contributed by atoms with Crippen LogP contribution in [0, 0.1) is 0 Å². The minimum Gasteiger partial charge on any atom is -0.368 e. The van der Waals surface area contributed by atoms with E-state index in [1.807, 2.05) is 12.1 Å². The van der Waals surface area contributed by atoms with Gasteiger partial charge in [-0.1, -0.05) is 11.6 Å². The molecule has 2 rings (SSSR count). The Morgan fingerprint density at radius 3 is 3.00 bits per heavy atom. The normalized spacial score (nSPS) is 21.4. The number of halogens is 1. The molecule has 0 N–H and O–H groups in total. The first-order chi connectivity index (χ1) is 8.56. The van der Waals surface area contributed by atoms with E-state index in [-0.39, 0.29) is 11.9 Å². The number of carbonyl (C=O) groups excluding carboxylic acids is 1. The summed E-state index contributed by atoms with van der Waals surface area (Å²) in [5.74, 6) is 0.152. The molecule has 3 nitrogen and oxygen atoms in total. The molecule has 0 radical (unpaired) electrons. The van der Waals surface area contributed by atoms with Crippen LogP contribution < -0.4 is 0 Å². The number of ether oxygens (including phenoxy) is 1. The van der Waals surface area contributed by atoms with Crippen molar-refractivity contribution in [3.05, 3.63) is 21.3 Å². The number of morpholine rings is 1. The van der Waals surface area contributed by atoms with Crippen LogP contribution in [0.2, 0.25) is 4.34 Å². The van der Waals surface area contributed by atoms with E-state index in [0.717, 1.165) is 15.8 Å². The smallest absolute Gasteiger partial charge is 0.168 e. The Balaban J connectivity index is 1.92. The van der Waals surface area contributed by atoms with Crippen LogP contribution in [0.15, 0.2) is 12.1 Å². The Kier molecular flexibility index (Phi) is 4.78. The van der Waals surface area contributed by atoms with Gasteiger partial charge in [-0.25, -0.2) is 0 Å². The van der Waals surface area contributed by atoms with Crippen LogP contribution >= 0.6 is 22.9 Å². The molecule has 1 atom stereocenters. The largest absolute Gasteiger partial charge is 0.368 e. The predicted octanol–water partition coefficient (Wildman–Crippen LogP) is 2.62. The third-order valence-corrected chi connectivity index (χ3v) is 4.40. The van der Waals surface area contributed by atoms with Crippen LogP contribution in [-0.4, -0.2) is 42.5 Å². The first-order valence-corrected chi connectivity index (χ1v) is 7.38. The number of rotatable bonds is 4. The van der Waals surface area contributed by atoms with Crippen molar-refractivity contribution in [2.75, 3.05) is 19.7 Å². The molecule has 1 fully saturated rings. The number of thiophene rings is 1. The van der Waals surface area contributed by atoms with Gasteiger partial charge >= 0.3 is 0 Å². The van der Waals surface area contributed by atoms with Gasteiger partial charge in [0.25, 0.3) is 0 Å². The van der Waals surface area contributed by atoms with Crippen LogP contribution in [0.3, 0.4) is 0 Å². The van der Waals surface area contributed by atoms with Crippen molar-refractivity contribution in [1.29, 1.82) is 0 Å². The molecule has 2 heterocycles. The molecule has 1 aliphatic heterocycles. The fourth-order valence-electron chi connectivity index (χ4n) is 2.07. The SMILES string of the molecule is CC(C)N1CCOC(C(=O)Cc2ccc(Cl)s2)C1. The van der Waals surface area contributed by atoms with Crippen molar-refractivity contribution < 1.29 is 9.53 Å². The van der Waals surface area contributed by atoms with Crippen molar-refractivity contribution in [1.82, 2.24) is 4.90 Å². The number of ketones is 1. The molecule has 0 aliphatic carbocycles. The molecular formula is C13H18ClNO2S. The second kappa shape index (κ2) is 6.15. The van der Waals surface area contributed by atoms with Gasteiger partial charge in [-0.2, -0.15) is 0 Å². The maximum atomic E-state index is 12.2. The monoisotopic (exact) mass is 287 g/mol. The van der Waals surface area contributed by atoms with Gasteiger partial charge in [0.15, 0.2) is 5.78 Å². The van der Waals surface area contributed by atoms with Crippen molar-refractivity contribution in [3.8, 4) is 0 Å². The first-order valence-electron chi connectivity index (χ1n) is 6.19. The van der Waals surface area contributed by atoms with E-state index in [9.17, 15) is 4.79 Å². The molecule has 0 bridgehead atoms. The fourth-order valence-corrected chi connectivity index (χ4v) is 3.16. The molecule has 5 heteroatoms. The van der Waals surface area contributed by atoms with Gasteiger partial charge in [0.2, 0.25) is 0 Å². The lowest BCUT2D eigenvalue weighted by molar-refractivity contribution is -0.136.